The van der Waals surface area contributed by atoms with E-state index in [0.29, 0.717) is 0 Å². The number of fused-ring (bicyclic) bond motifs is 8. The fourth-order valence-electron chi connectivity index (χ4n) is 6.48. The van der Waals surface area contributed by atoms with Crippen LogP contribution in [0.25, 0.3) is 28.0 Å². The van der Waals surface area contributed by atoms with E-state index in [2.05, 4.69) is 137 Å². The van der Waals surface area contributed by atoms with Crippen molar-refractivity contribution in [1.82, 2.24) is 0 Å². The zero-order valence-electron chi connectivity index (χ0n) is 21.8. The summed E-state index contributed by atoms with van der Waals surface area (Å²) in [6, 6.07) is 35.2. The second kappa shape index (κ2) is 7.70. The largest absolute Gasteiger partial charge is 0.472 e. The van der Waals surface area contributed by atoms with Gasteiger partial charge in [0.15, 0.2) is 5.60 Å². The maximum absolute atomic E-state index is 7.32. The quantitative estimate of drug-likeness (QED) is 0.246. The first-order chi connectivity index (χ1) is 17.9. The predicted octanol–water partition coefficient (Wildman–Crippen LogP) is 9.11. The number of hydrogen-bond acceptors (Lipinski definition) is 1. The van der Waals surface area contributed by atoms with E-state index in [0.717, 1.165) is 22.3 Å². The van der Waals surface area contributed by atoms with Crippen LogP contribution >= 0.6 is 0 Å². The van der Waals surface area contributed by atoms with Crippen molar-refractivity contribution in [3.05, 3.63) is 142 Å². The molecule has 1 heterocycles. The van der Waals surface area contributed by atoms with E-state index in [9.17, 15) is 0 Å². The normalized spacial score (nSPS) is 16.1. The maximum Gasteiger partial charge on any atom is 0.178 e. The molecule has 7 rings (SSSR count). The molecule has 5 aromatic rings. The van der Waals surface area contributed by atoms with Crippen LogP contribution in [0.1, 0.15) is 52.8 Å². The number of ether oxygens (including phenoxy) is 1. The fraction of sp³-hybridized carbons (Fsp3) is 0.167. The van der Waals surface area contributed by atoms with Crippen molar-refractivity contribution in [1.29, 1.82) is 0 Å². The molecule has 180 valence electrons. The summed E-state index contributed by atoms with van der Waals surface area (Å²) in [7, 11) is 0. The van der Waals surface area contributed by atoms with Gasteiger partial charge in [-0.3, -0.25) is 0 Å². The van der Waals surface area contributed by atoms with Crippen LogP contribution in [0.2, 0.25) is 0 Å². The second-order valence-corrected chi connectivity index (χ2v) is 11.1. The van der Waals surface area contributed by atoms with Crippen LogP contribution in [0.5, 0.6) is 5.75 Å². The van der Waals surface area contributed by atoms with Gasteiger partial charge in [-0.05, 0) is 47.6 Å². The Morgan fingerprint density at radius 1 is 0.622 bits per heavy atom. The zero-order chi connectivity index (χ0) is 25.4. The van der Waals surface area contributed by atoms with Crippen molar-refractivity contribution in [2.75, 3.05) is 0 Å². The summed E-state index contributed by atoms with van der Waals surface area (Å²) in [6.45, 7) is 8.96. The molecule has 0 fully saturated rings. The van der Waals surface area contributed by atoms with E-state index in [4.69, 9.17) is 4.74 Å². The van der Waals surface area contributed by atoms with Crippen molar-refractivity contribution < 1.29 is 4.74 Å². The monoisotopic (exact) mass is 478 g/mol. The van der Waals surface area contributed by atoms with Gasteiger partial charge >= 0.3 is 0 Å². The van der Waals surface area contributed by atoms with E-state index in [-0.39, 0.29) is 5.41 Å². The predicted molar refractivity (Wildman–Crippen MR) is 154 cm³/mol. The standard InChI is InChI=1S/C36H30O/c1-23-13-17-25(18-14-23)36(26-19-15-24(2)16-20-26)22-21-30-33-32(27-9-5-6-10-28(27)34(30)37-36)29-11-7-8-12-31(29)35(33,3)4/h5-22H,1-4H3. The van der Waals surface area contributed by atoms with Crippen LogP contribution in [-0.4, -0.2) is 0 Å². The first-order valence-corrected chi connectivity index (χ1v) is 13.1. The highest BCUT2D eigenvalue weighted by Gasteiger charge is 2.44. The Morgan fingerprint density at radius 2 is 1.19 bits per heavy atom. The van der Waals surface area contributed by atoms with Gasteiger partial charge in [-0.25, -0.2) is 0 Å². The molecule has 0 radical (unpaired) electrons. The lowest BCUT2D eigenvalue weighted by Crippen LogP contribution is -2.35. The van der Waals surface area contributed by atoms with Crippen LogP contribution in [0.15, 0.2) is 103 Å². The van der Waals surface area contributed by atoms with Crippen molar-refractivity contribution in [2.24, 2.45) is 0 Å². The summed E-state index contributed by atoms with van der Waals surface area (Å²) in [5.74, 6) is 0.971. The second-order valence-electron chi connectivity index (χ2n) is 11.1. The van der Waals surface area contributed by atoms with Crippen LogP contribution in [0.3, 0.4) is 0 Å². The Labute approximate surface area is 219 Å². The van der Waals surface area contributed by atoms with E-state index < -0.39 is 5.60 Å². The van der Waals surface area contributed by atoms with E-state index >= 15 is 0 Å². The zero-order valence-corrected chi connectivity index (χ0v) is 21.8. The van der Waals surface area contributed by atoms with Gasteiger partial charge in [-0.1, -0.05) is 128 Å². The van der Waals surface area contributed by atoms with Gasteiger partial charge in [0.1, 0.15) is 5.75 Å². The van der Waals surface area contributed by atoms with Gasteiger partial charge in [-0.15, -0.1) is 0 Å². The number of aryl methyl sites for hydroxylation is 2. The fourth-order valence-corrected chi connectivity index (χ4v) is 6.48. The Morgan fingerprint density at radius 3 is 1.84 bits per heavy atom. The van der Waals surface area contributed by atoms with Crippen molar-refractivity contribution in [3.63, 3.8) is 0 Å². The molecule has 2 aliphatic rings. The Balaban J connectivity index is 1.56. The summed E-state index contributed by atoms with van der Waals surface area (Å²) in [6.07, 6.45) is 4.61. The van der Waals surface area contributed by atoms with Crippen LogP contribution in [0, 0.1) is 13.8 Å². The summed E-state index contributed by atoms with van der Waals surface area (Å²) in [5.41, 5.74) is 10.5. The topological polar surface area (TPSA) is 9.23 Å². The summed E-state index contributed by atoms with van der Waals surface area (Å²) < 4.78 is 7.32. The van der Waals surface area contributed by atoms with Crippen molar-refractivity contribution in [3.8, 4) is 16.9 Å². The Bertz CT molecular complexity index is 1670. The van der Waals surface area contributed by atoms with Gasteiger partial charge in [0.05, 0.1) is 0 Å². The van der Waals surface area contributed by atoms with Gasteiger partial charge in [0, 0.05) is 27.5 Å². The first-order valence-electron chi connectivity index (χ1n) is 13.1. The van der Waals surface area contributed by atoms with Gasteiger partial charge in [0.2, 0.25) is 0 Å². The molecular formula is C36H30O. The van der Waals surface area contributed by atoms with Crippen LogP contribution < -0.4 is 4.74 Å². The molecule has 0 aromatic heterocycles. The molecule has 1 aliphatic heterocycles. The first kappa shape index (κ1) is 22.1. The minimum absolute atomic E-state index is 0.124. The molecule has 1 aliphatic carbocycles. The van der Waals surface area contributed by atoms with E-state index in [1.807, 2.05) is 0 Å². The smallest absolute Gasteiger partial charge is 0.178 e. The summed E-state index contributed by atoms with van der Waals surface area (Å²) in [5, 5.41) is 2.42. The van der Waals surface area contributed by atoms with Crippen LogP contribution in [0.4, 0.5) is 0 Å². The molecule has 0 amide bonds. The van der Waals surface area contributed by atoms with Crippen molar-refractivity contribution >= 4 is 16.8 Å². The molecule has 5 aromatic carbocycles. The maximum atomic E-state index is 7.32. The highest BCUT2D eigenvalue weighted by atomic mass is 16.5. The summed E-state index contributed by atoms with van der Waals surface area (Å²) in [4.78, 5) is 0. The molecule has 1 nitrogen and oxygen atoms in total. The van der Waals surface area contributed by atoms with Gasteiger partial charge in [-0.2, -0.15) is 0 Å². The molecule has 0 bridgehead atoms. The molecule has 0 N–H and O–H groups in total. The van der Waals surface area contributed by atoms with Crippen LogP contribution in [-0.2, 0) is 11.0 Å². The minimum Gasteiger partial charge on any atom is -0.472 e. The molecule has 0 saturated carbocycles. The lowest BCUT2D eigenvalue weighted by atomic mass is 9.76. The molecule has 0 atom stereocenters. The lowest BCUT2D eigenvalue weighted by molar-refractivity contribution is 0.163. The molecule has 37 heavy (non-hydrogen) atoms. The average Bonchev–Trinajstić information content (AvgIpc) is 3.17. The molecular weight excluding hydrogens is 448 g/mol. The third-order valence-corrected chi connectivity index (χ3v) is 8.41. The van der Waals surface area contributed by atoms with E-state index in [1.165, 1.54) is 44.3 Å². The average molecular weight is 479 g/mol. The third kappa shape index (κ3) is 3.04. The van der Waals surface area contributed by atoms with Gasteiger partial charge < -0.3 is 4.74 Å². The SMILES string of the molecule is Cc1ccc(C2(c3ccc(C)cc3)C=Cc3c4c(c5ccccc5c3O2)-c2ccccc2C4(C)C)cc1. The van der Waals surface area contributed by atoms with Gasteiger partial charge in [0.25, 0.3) is 0 Å². The minimum atomic E-state index is -0.707. The highest BCUT2D eigenvalue weighted by molar-refractivity contribution is 6.08. The van der Waals surface area contributed by atoms with E-state index in [1.54, 1.807) is 0 Å². The molecule has 0 unspecified atom stereocenters. The number of rotatable bonds is 2. The number of benzene rings is 5. The number of hydrogen-bond donors (Lipinski definition) is 0. The Hall–Kier alpha value is -4.10. The molecule has 0 spiro atoms. The third-order valence-electron chi connectivity index (χ3n) is 8.41. The van der Waals surface area contributed by atoms with Crippen molar-refractivity contribution in [2.45, 2.75) is 38.7 Å². The highest BCUT2D eigenvalue weighted by Crippen LogP contribution is 2.57. The Kier molecular flexibility index (Phi) is 4.60. The summed E-state index contributed by atoms with van der Waals surface area (Å²) >= 11 is 0. The molecule has 1 heteroatoms. The molecule has 0 saturated heterocycles. The lowest BCUT2D eigenvalue weighted by Gasteiger charge is -2.38.